The van der Waals surface area contributed by atoms with Crippen molar-refractivity contribution in [1.82, 2.24) is 14.5 Å². The highest BCUT2D eigenvalue weighted by atomic mass is 35.5. The zero-order valence-electron chi connectivity index (χ0n) is 19.5. The molecule has 3 heterocycles. The first-order valence-electron chi connectivity index (χ1n) is 11.2. The third kappa shape index (κ3) is 5.02. The second-order valence-corrected chi connectivity index (χ2v) is 8.59. The largest absolute Gasteiger partial charge is 0.453 e. The highest BCUT2D eigenvalue weighted by Gasteiger charge is 2.16. The Bertz CT molecular complexity index is 1740. The lowest BCUT2D eigenvalue weighted by molar-refractivity contribution is 0.0995. The molecule has 0 unspecified atom stereocenters. The zero-order valence-corrected chi connectivity index (χ0v) is 20.2. The van der Waals surface area contributed by atoms with Crippen LogP contribution in [0.25, 0.3) is 10.8 Å². The third-order valence-corrected chi connectivity index (χ3v) is 6.03. The van der Waals surface area contributed by atoms with E-state index in [2.05, 4.69) is 15.3 Å². The summed E-state index contributed by atoms with van der Waals surface area (Å²) in [6.07, 6.45) is 4.45. The van der Waals surface area contributed by atoms with Crippen LogP contribution in [-0.2, 0) is 6.54 Å². The summed E-state index contributed by atoms with van der Waals surface area (Å²) in [5, 5.41) is 3.79. The number of carbonyl (C=O) groups excluding carboxylic acids is 1. The average molecular weight is 534 g/mol. The zero-order chi connectivity index (χ0) is 26.8. The summed E-state index contributed by atoms with van der Waals surface area (Å²) in [5.74, 6) is -1.87. The van der Waals surface area contributed by atoms with Gasteiger partial charge in [0.15, 0.2) is 11.6 Å². The molecule has 0 saturated heterocycles. The van der Waals surface area contributed by atoms with Crippen LogP contribution in [0.1, 0.15) is 16.1 Å². The summed E-state index contributed by atoms with van der Waals surface area (Å²) in [6.45, 7) is 0.235. The molecule has 0 radical (unpaired) electrons. The van der Waals surface area contributed by atoms with Crippen molar-refractivity contribution in [1.29, 1.82) is 0 Å². The number of benzene rings is 2. The molecule has 0 bridgehead atoms. The van der Waals surface area contributed by atoms with Crippen LogP contribution in [-0.4, -0.2) is 20.4 Å². The summed E-state index contributed by atoms with van der Waals surface area (Å²) < 4.78 is 35.2. The predicted molar refractivity (Wildman–Crippen MR) is 139 cm³/mol. The first-order valence-corrected chi connectivity index (χ1v) is 11.6. The van der Waals surface area contributed by atoms with Crippen molar-refractivity contribution in [2.24, 2.45) is 5.73 Å². The molecule has 8 nitrogen and oxygen atoms in total. The number of hydrogen-bond acceptors (Lipinski definition) is 6. The molecule has 0 spiro atoms. The lowest BCUT2D eigenvalue weighted by Gasteiger charge is -2.13. The second kappa shape index (κ2) is 10.3. The molecule has 0 saturated carbocycles. The molecule has 0 aliphatic heterocycles. The van der Waals surface area contributed by atoms with Crippen LogP contribution in [0.15, 0.2) is 84.0 Å². The standard InChI is InChI=1S/C27H18ClF2N5O3/c28-23-21(8-11-32-24(23)25(31)36)38-20-6-5-18(13-19(20)30)34-26-22-16(7-10-33-26)9-12-35(27(22)37)14-15-1-3-17(29)4-2-15/h1-13H,14H2,(H2,31,36)(H,33,34). The minimum Gasteiger partial charge on any atom is -0.453 e. The van der Waals surface area contributed by atoms with Gasteiger partial charge in [-0.2, -0.15) is 0 Å². The van der Waals surface area contributed by atoms with Gasteiger partial charge in [-0.05, 0) is 47.3 Å². The predicted octanol–water partition coefficient (Wildman–Crippen LogP) is 5.41. The maximum Gasteiger partial charge on any atom is 0.268 e. The van der Waals surface area contributed by atoms with Gasteiger partial charge in [0.1, 0.15) is 28.1 Å². The number of nitrogens with zero attached hydrogens (tertiary/aromatic N) is 3. The molecule has 190 valence electrons. The van der Waals surface area contributed by atoms with Crippen molar-refractivity contribution >= 4 is 39.8 Å². The number of amides is 1. The SMILES string of the molecule is NC(=O)c1nccc(Oc2ccc(Nc3nccc4ccn(Cc5ccc(F)cc5)c(=O)c34)cc2F)c1Cl. The molecule has 1 amide bonds. The van der Waals surface area contributed by atoms with Gasteiger partial charge in [0.25, 0.3) is 11.5 Å². The minimum absolute atomic E-state index is 0.00695. The Balaban J connectivity index is 1.43. The summed E-state index contributed by atoms with van der Waals surface area (Å²) in [5.41, 5.74) is 5.78. The van der Waals surface area contributed by atoms with E-state index >= 15 is 0 Å². The number of nitrogens with one attached hydrogen (secondary N) is 1. The number of fused-ring (bicyclic) bond motifs is 1. The van der Waals surface area contributed by atoms with Gasteiger partial charge in [-0.3, -0.25) is 9.59 Å². The fourth-order valence-electron chi connectivity index (χ4n) is 3.82. The Labute approximate surface area is 219 Å². The molecular formula is C27H18ClF2N5O3. The molecule has 0 aliphatic carbocycles. The Morgan fingerprint density at radius 1 is 1.00 bits per heavy atom. The number of hydrogen-bond donors (Lipinski definition) is 2. The van der Waals surface area contributed by atoms with Crippen LogP contribution in [0.2, 0.25) is 5.02 Å². The van der Waals surface area contributed by atoms with Gasteiger partial charge in [0, 0.05) is 36.4 Å². The lowest BCUT2D eigenvalue weighted by atomic mass is 10.2. The fourth-order valence-corrected chi connectivity index (χ4v) is 4.06. The van der Waals surface area contributed by atoms with E-state index in [0.29, 0.717) is 16.5 Å². The summed E-state index contributed by atoms with van der Waals surface area (Å²) >= 11 is 6.11. The Hall–Kier alpha value is -4.83. The molecule has 0 fully saturated rings. The average Bonchev–Trinajstić information content (AvgIpc) is 2.89. The van der Waals surface area contributed by atoms with Crippen LogP contribution < -0.4 is 21.3 Å². The van der Waals surface area contributed by atoms with E-state index in [4.69, 9.17) is 22.1 Å². The second-order valence-electron chi connectivity index (χ2n) is 8.21. The van der Waals surface area contributed by atoms with Crippen molar-refractivity contribution in [2.45, 2.75) is 6.54 Å². The maximum absolute atomic E-state index is 14.9. The van der Waals surface area contributed by atoms with Gasteiger partial charge in [0.05, 0.1) is 11.9 Å². The van der Waals surface area contributed by atoms with Crippen molar-refractivity contribution in [3.63, 3.8) is 0 Å². The number of rotatable bonds is 7. The maximum atomic E-state index is 14.9. The van der Waals surface area contributed by atoms with E-state index in [1.807, 2.05) is 0 Å². The number of primary amides is 1. The molecular weight excluding hydrogens is 516 g/mol. The quantitative estimate of drug-likeness (QED) is 0.289. The van der Waals surface area contributed by atoms with Crippen LogP contribution in [0, 0.1) is 11.6 Å². The molecule has 0 aliphatic rings. The number of aromatic nitrogens is 3. The Kier molecular flexibility index (Phi) is 6.71. The van der Waals surface area contributed by atoms with Crippen molar-refractivity contribution in [2.75, 3.05) is 5.32 Å². The Morgan fingerprint density at radius 2 is 1.76 bits per heavy atom. The number of pyridine rings is 3. The van der Waals surface area contributed by atoms with Gasteiger partial charge in [-0.25, -0.2) is 18.7 Å². The molecule has 3 aromatic heterocycles. The number of halogens is 3. The number of carbonyl (C=O) groups is 1. The highest BCUT2D eigenvalue weighted by molar-refractivity contribution is 6.34. The van der Waals surface area contributed by atoms with Crippen molar-refractivity contribution in [3.05, 3.63) is 118 Å². The minimum atomic E-state index is -0.847. The van der Waals surface area contributed by atoms with Crippen molar-refractivity contribution in [3.8, 4) is 11.5 Å². The summed E-state index contributed by atoms with van der Waals surface area (Å²) in [7, 11) is 0. The van der Waals surface area contributed by atoms with Crippen LogP contribution in [0.3, 0.4) is 0 Å². The molecule has 3 N–H and O–H groups in total. The summed E-state index contributed by atoms with van der Waals surface area (Å²) in [6, 6.07) is 14.8. The normalized spacial score (nSPS) is 10.9. The van der Waals surface area contributed by atoms with Crippen LogP contribution in [0.4, 0.5) is 20.3 Å². The van der Waals surface area contributed by atoms with E-state index in [1.54, 1.807) is 30.5 Å². The molecule has 2 aromatic carbocycles. The topological polar surface area (TPSA) is 112 Å². The van der Waals surface area contributed by atoms with Gasteiger partial charge < -0.3 is 20.4 Å². The molecule has 11 heteroatoms. The molecule has 5 aromatic rings. The van der Waals surface area contributed by atoms with Crippen LogP contribution in [0.5, 0.6) is 11.5 Å². The molecule has 5 rings (SSSR count). The smallest absolute Gasteiger partial charge is 0.268 e. The van der Waals surface area contributed by atoms with E-state index in [-0.39, 0.29) is 46.0 Å². The first kappa shape index (κ1) is 24.8. The number of nitrogens with two attached hydrogens (primary N) is 1. The van der Waals surface area contributed by atoms with Gasteiger partial charge in [-0.15, -0.1) is 0 Å². The third-order valence-electron chi connectivity index (χ3n) is 5.66. The van der Waals surface area contributed by atoms with E-state index in [9.17, 15) is 18.4 Å². The van der Waals surface area contributed by atoms with Crippen LogP contribution >= 0.6 is 11.6 Å². The van der Waals surface area contributed by atoms with E-state index < -0.39 is 11.7 Å². The highest BCUT2D eigenvalue weighted by Crippen LogP contribution is 2.33. The monoisotopic (exact) mass is 533 g/mol. The summed E-state index contributed by atoms with van der Waals surface area (Å²) in [4.78, 5) is 32.8. The molecule has 0 atom stereocenters. The number of ether oxygens (including phenoxy) is 1. The number of anilines is 2. The fraction of sp³-hybridized carbons (Fsp3) is 0.0370. The van der Waals surface area contributed by atoms with Gasteiger partial charge in [0.2, 0.25) is 0 Å². The van der Waals surface area contributed by atoms with Crippen molar-refractivity contribution < 1.29 is 18.3 Å². The van der Waals surface area contributed by atoms with Gasteiger partial charge in [-0.1, -0.05) is 23.7 Å². The van der Waals surface area contributed by atoms with E-state index in [1.165, 1.54) is 53.4 Å². The van der Waals surface area contributed by atoms with E-state index in [0.717, 1.165) is 5.56 Å². The van der Waals surface area contributed by atoms with Gasteiger partial charge >= 0.3 is 0 Å². The molecule has 38 heavy (non-hydrogen) atoms. The Morgan fingerprint density at radius 3 is 2.50 bits per heavy atom. The first-order chi connectivity index (χ1) is 18.3. The lowest BCUT2D eigenvalue weighted by Crippen LogP contribution is -2.21.